The van der Waals surface area contributed by atoms with Crippen molar-refractivity contribution < 1.29 is 17.7 Å². The molecule has 226 valence electrons. The van der Waals surface area contributed by atoms with Crippen LogP contribution in [0.1, 0.15) is 145 Å². The van der Waals surface area contributed by atoms with Gasteiger partial charge >= 0.3 is 17.1 Å². The first-order chi connectivity index (χ1) is 18.4. The standard InChI is InChI=1S/C32H66O4Si2/c1-9-15-21-23-29-37(33-25-17-11-3,34-26-18-12-4)31(7)32(8)38(35-27-19-13-5,36-28-20-14-6)30-24-22-16-10-2/h23-24,29-32H,9-22,25-28H2,1-8H3. The molecule has 0 aromatic heterocycles. The molecule has 0 amide bonds. The summed E-state index contributed by atoms with van der Waals surface area (Å²) < 4.78 is 27.5. The highest BCUT2D eigenvalue weighted by molar-refractivity contribution is 6.80. The maximum atomic E-state index is 6.89. The molecule has 0 rings (SSSR count). The van der Waals surface area contributed by atoms with Crippen molar-refractivity contribution in [2.45, 2.75) is 156 Å². The molecular formula is C32H66O4Si2. The van der Waals surface area contributed by atoms with Crippen molar-refractivity contribution in [1.82, 2.24) is 0 Å². The lowest BCUT2D eigenvalue weighted by Crippen LogP contribution is -2.54. The zero-order chi connectivity index (χ0) is 28.5. The molecule has 0 aromatic carbocycles. The molecule has 0 N–H and O–H groups in total. The van der Waals surface area contributed by atoms with Gasteiger partial charge in [0.15, 0.2) is 0 Å². The maximum absolute atomic E-state index is 6.89. The van der Waals surface area contributed by atoms with Gasteiger partial charge in [-0.25, -0.2) is 0 Å². The predicted octanol–water partition coefficient (Wildman–Crippen LogP) is 10.5. The monoisotopic (exact) mass is 570 g/mol. The van der Waals surface area contributed by atoms with E-state index in [1.807, 2.05) is 0 Å². The zero-order valence-electron chi connectivity index (χ0n) is 26.8. The van der Waals surface area contributed by atoms with Crippen LogP contribution in [0.15, 0.2) is 23.6 Å². The summed E-state index contributed by atoms with van der Waals surface area (Å²) in [6.45, 7) is 21.2. The van der Waals surface area contributed by atoms with Gasteiger partial charge in [-0.3, -0.25) is 0 Å². The van der Waals surface area contributed by atoms with Crippen molar-refractivity contribution in [2.24, 2.45) is 0 Å². The first-order valence-corrected chi connectivity index (χ1v) is 20.3. The number of allylic oxidation sites excluding steroid dienone is 2. The average Bonchev–Trinajstić information content (AvgIpc) is 2.92. The van der Waals surface area contributed by atoms with E-state index in [9.17, 15) is 0 Å². The summed E-state index contributed by atoms with van der Waals surface area (Å²) in [4.78, 5) is 0. The van der Waals surface area contributed by atoms with Gasteiger partial charge in [0.05, 0.1) is 0 Å². The van der Waals surface area contributed by atoms with Gasteiger partial charge in [0.25, 0.3) is 0 Å². The van der Waals surface area contributed by atoms with Crippen LogP contribution in [0, 0.1) is 0 Å². The number of hydrogen-bond donors (Lipinski definition) is 0. The molecule has 0 aliphatic carbocycles. The third-order valence-electron chi connectivity index (χ3n) is 7.47. The molecule has 4 nitrogen and oxygen atoms in total. The summed E-state index contributed by atoms with van der Waals surface area (Å²) in [6, 6.07) is 0. The lowest BCUT2D eigenvalue weighted by atomic mass is 10.2. The van der Waals surface area contributed by atoms with Crippen LogP contribution in [0.5, 0.6) is 0 Å². The van der Waals surface area contributed by atoms with E-state index in [0.29, 0.717) is 0 Å². The van der Waals surface area contributed by atoms with Crippen LogP contribution in [0.2, 0.25) is 11.1 Å². The van der Waals surface area contributed by atoms with Crippen molar-refractivity contribution >= 4 is 17.1 Å². The molecule has 2 unspecified atom stereocenters. The molecule has 0 spiro atoms. The van der Waals surface area contributed by atoms with Gasteiger partial charge in [0.1, 0.15) is 0 Å². The summed E-state index contributed by atoms with van der Waals surface area (Å²) >= 11 is 0. The lowest BCUT2D eigenvalue weighted by molar-refractivity contribution is 0.147. The molecule has 0 saturated carbocycles. The van der Waals surface area contributed by atoms with Crippen LogP contribution in [-0.2, 0) is 17.7 Å². The molecule has 0 heterocycles. The molecule has 6 heteroatoms. The highest BCUT2D eigenvalue weighted by Gasteiger charge is 2.53. The lowest BCUT2D eigenvalue weighted by Gasteiger charge is -2.42. The Morgan fingerprint density at radius 1 is 0.447 bits per heavy atom. The van der Waals surface area contributed by atoms with E-state index in [4.69, 9.17) is 17.7 Å². The van der Waals surface area contributed by atoms with E-state index < -0.39 is 17.1 Å². The first kappa shape index (κ1) is 37.8. The van der Waals surface area contributed by atoms with E-state index in [0.717, 1.165) is 90.6 Å². The van der Waals surface area contributed by atoms with Crippen LogP contribution in [0.3, 0.4) is 0 Å². The van der Waals surface area contributed by atoms with Crippen molar-refractivity contribution in [3.63, 3.8) is 0 Å². The summed E-state index contributed by atoms with van der Waals surface area (Å²) in [5, 5.41) is 0. The average molecular weight is 571 g/mol. The van der Waals surface area contributed by atoms with Crippen molar-refractivity contribution in [2.75, 3.05) is 26.4 Å². The number of hydrogen-bond acceptors (Lipinski definition) is 4. The second-order valence-electron chi connectivity index (χ2n) is 10.9. The quantitative estimate of drug-likeness (QED) is 0.0727. The minimum atomic E-state index is -2.69. The molecular weight excluding hydrogens is 505 g/mol. The molecule has 0 aromatic rings. The highest BCUT2D eigenvalue weighted by Crippen LogP contribution is 2.44. The van der Waals surface area contributed by atoms with Gasteiger partial charge in [-0.15, -0.1) is 0 Å². The van der Waals surface area contributed by atoms with Gasteiger partial charge in [0.2, 0.25) is 0 Å². The topological polar surface area (TPSA) is 36.9 Å². The van der Waals surface area contributed by atoms with E-state index in [1.165, 1.54) is 25.7 Å². The second-order valence-corrected chi connectivity index (χ2v) is 17.4. The van der Waals surface area contributed by atoms with Crippen LogP contribution in [-0.4, -0.2) is 43.5 Å². The number of unbranched alkanes of at least 4 members (excludes halogenated alkanes) is 8. The zero-order valence-corrected chi connectivity index (χ0v) is 28.8. The molecule has 0 aliphatic heterocycles. The van der Waals surface area contributed by atoms with Gasteiger partial charge in [-0.05, 0) is 49.9 Å². The van der Waals surface area contributed by atoms with E-state index >= 15 is 0 Å². The summed E-state index contributed by atoms with van der Waals surface area (Å²) in [5.74, 6) is 0. The Morgan fingerprint density at radius 3 is 0.947 bits per heavy atom. The van der Waals surface area contributed by atoms with Crippen molar-refractivity contribution in [3.8, 4) is 0 Å². The fraction of sp³-hybridized carbons (Fsp3) is 0.875. The van der Waals surface area contributed by atoms with E-state index in [2.05, 4.69) is 78.9 Å². The third-order valence-corrected chi connectivity index (χ3v) is 15.4. The molecule has 0 aliphatic rings. The fourth-order valence-electron chi connectivity index (χ4n) is 4.45. The second kappa shape index (κ2) is 24.5. The van der Waals surface area contributed by atoms with Crippen LogP contribution >= 0.6 is 0 Å². The molecule has 0 bridgehead atoms. The Balaban J connectivity index is 6.49. The summed E-state index contributed by atoms with van der Waals surface area (Å²) in [5.41, 5.74) is 5.21. The largest absolute Gasteiger partial charge is 0.391 e. The summed E-state index contributed by atoms with van der Waals surface area (Å²) in [7, 11) is -5.37. The SMILES string of the molecule is CCCCC=C[Si](OCCCC)(OCCCC)C(C)C(C)[Si](C=CCCCC)(OCCCC)OCCCC. The molecule has 38 heavy (non-hydrogen) atoms. The van der Waals surface area contributed by atoms with Gasteiger partial charge in [-0.2, -0.15) is 0 Å². The third kappa shape index (κ3) is 14.9. The Morgan fingerprint density at radius 2 is 0.711 bits per heavy atom. The Kier molecular flexibility index (Phi) is 24.4. The Bertz CT molecular complexity index is 512. The minimum Gasteiger partial charge on any atom is -0.391 e. The number of rotatable bonds is 27. The van der Waals surface area contributed by atoms with Crippen LogP contribution in [0.4, 0.5) is 0 Å². The van der Waals surface area contributed by atoms with Gasteiger partial charge < -0.3 is 17.7 Å². The predicted molar refractivity (Wildman–Crippen MR) is 171 cm³/mol. The van der Waals surface area contributed by atoms with Crippen LogP contribution in [0.25, 0.3) is 0 Å². The maximum Gasteiger partial charge on any atom is 0.367 e. The molecule has 0 saturated heterocycles. The molecule has 2 atom stereocenters. The smallest absolute Gasteiger partial charge is 0.367 e. The Labute approximate surface area is 240 Å². The van der Waals surface area contributed by atoms with E-state index in [-0.39, 0.29) is 11.1 Å². The fourth-order valence-corrected chi connectivity index (χ4v) is 12.3. The first-order valence-electron chi connectivity index (χ1n) is 16.3. The van der Waals surface area contributed by atoms with E-state index in [1.54, 1.807) is 0 Å². The normalized spacial score (nSPS) is 14.6. The molecule has 0 fully saturated rings. The Hall–Kier alpha value is -0.246. The van der Waals surface area contributed by atoms with Crippen molar-refractivity contribution in [3.05, 3.63) is 23.6 Å². The molecule has 0 radical (unpaired) electrons. The summed E-state index contributed by atoms with van der Waals surface area (Å²) in [6.07, 6.45) is 20.5. The highest BCUT2D eigenvalue weighted by atomic mass is 28.4. The minimum absolute atomic E-state index is 0.222. The van der Waals surface area contributed by atoms with Gasteiger partial charge in [0, 0.05) is 37.5 Å². The van der Waals surface area contributed by atoms with Crippen molar-refractivity contribution in [1.29, 1.82) is 0 Å². The van der Waals surface area contributed by atoms with Crippen LogP contribution < -0.4 is 0 Å². The van der Waals surface area contributed by atoms with Gasteiger partial charge in [-0.1, -0.05) is 119 Å².